The fraction of sp³-hybridized carbons (Fsp3) is 0.556. The van der Waals surface area contributed by atoms with Crippen LogP contribution in [0.2, 0.25) is 0 Å². The van der Waals surface area contributed by atoms with E-state index >= 15 is 0 Å². The number of allylic oxidation sites excluding steroid dienone is 2. The summed E-state index contributed by atoms with van der Waals surface area (Å²) in [5, 5.41) is 11.8. The van der Waals surface area contributed by atoms with E-state index in [1.165, 1.54) is 0 Å². The molecular formula is C9H13NO3. The molecule has 2 N–H and O–H groups in total. The lowest BCUT2D eigenvalue weighted by Crippen LogP contribution is -2.47. The Balaban J connectivity index is 2.10. The third-order valence-corrected chi connectivity index (χ3v) is 2.23. The lowest BCUT2D eigenvalue weighted by Gasteiger charge is -2.28. The van der Waals surface area contributed by atoms with Crippen molar-refractivity contribution in [1.29, 1.82) is 0 Å². The molecule has 72 valence electrons. The zero-order valence-corrected chi connectivity index (χ0v) is 7.32. The van der Waals surface area contributed by atoms with Crippen molar-refractivity contribution in [3.05, 3.63) is 24.0 Å². The van der Waals surface area contributed by atoms with Gasteiger partial charge in [-0.3, -0.25) is 5.32 Å². The first-order valence-corrected chi connectivity index (χ1v) is 4.37. The van der Waals surface area contributed by atoms with E-state index < -0.39 is 5.72 Å². The first kappa shape index (κ1) is 8.74. The maximum Gasteiger partial charge on any atom is 0.191 e. The highest BCUT2D eigenvalue weighted by molar-refractivity contribution is 5.24. The molecule has 0 aromatic rings. The van der Waals surface area contributed by atoms with Crippen molar-refractivity contribution >= 4 is 0 Å². The third kappa shape index (κ3) is 1.48. The molecular weight excluding hydrogens is 170 g/mol. The van der Waals surface area contributed by atoms with E-state index in [9.17, 15) is 0 Å². The number of hydrogen-bond donors (Lipinski definition) is 2. The van der Waals surface area contributed by atoms with Crippen LogP contribution in [0.15, 0.2) is 24.0 Å². The van der Waals surface area contributed by atoms with Gasteiger partial charge in [-0.1, -0.05) is 12.2 Å². The second kappa shape index (κ2) is 3.49. The Morgan fingerprint density at radius 1 is 1.62 bits per heavy atom. The predicted molar refractivity (Wildman–Crippen MR) is 46.7 cm³/mol. The van der Waals surface area contributed by atoms with Gasteiger partial charge in [0.15, 0.2) is 12.5 Å². The first-order valence-electron chi connectivity index (χ1n) is 4.37. The highest BCUT2D eigenvalue weighted by Crippen LogP contribution is 2.32. The molecule has 1 saturated heterocycles. The smallest absolute Gasteiger partial charge is 0.191 e. The molecule has 2 aliphatic rings. The molecule has 0 spiro atoms. The summed E-state index contributed by atoms with van der Waals surface area (Å²) in [7, 11) is 0. The van der Waals surface area contributed by atoms with Gasteiger partial charge in [0, 0.05) is 13.0 Å². The minimum absolute atomic E-state index is 0.0993. The molecule has 1 aliphatic heterocycles. The first-order chi connectivity index (χ1) is 6.37. The summed E-state index contributed by atoms with van der Waals surface area (Å²) in [6.45, 7) is 0.891. The fourth-order valence-electron chi connectivity index (χ4n) is 1.58. The SMILES string of the molecule is OCCNC12CC=CC=C1OCO2. The van der Waals surface area contributed by atoms with Gasteiger partial charge in [-0.25, -0.2) is 0 Å². The van der Waals surface area contributed by atoms with Crippen LogP contribution in [0.1, 0.15) is 6.42 Å². The molecule has 1 fully saturated rings. The zero-order valence-electron chi connectivity index (χ0n) is 7.32. The van der Waals surface area contributed by atoms with E-state index in [2.05, 4.69) is 5.32 Å². The number of hydrogen-bond acceptors (Lipinski definition) is 4. The standard InChI is InChI=1S/C9H13NO3/c11-6-5-10-9-4-2-1-3-8(9)12-7-13-9/h1-3,10-11H,4-7H2. The normalized spacial score (nSPS) is 31.0. The minimum Gasteiger partial charge on any atom is -0.467 e. The number of nitrogens with one attached hydrogen (secondary N) is 1. The lowest BCUT2D eigenvalue weighted by molar-refractivity contribution is -0.0275. The Kier molecular flexibility index (Phi) is 2.35. The Hall–Kier alpha value is -0.840. The van der Waals surface area contributed by atoms with Gasteiger partial charge in [-0.05, 0) is 6.08 Å². The summed E-state index contributed by atoms with van der Waals surface area (Å²) in [5.74, 6) is 0.809. The van der Waals surface area contributed by atoms with Crippen LogP contribution in [0.4, 0.5) is 0 Å². The van der Waals surface area contributed by atoms with Gasteiger partial charge in [-0.2, -0.15) is 0 Å². The third-order valence-electron chi connectivity index (χ3n) is 2.23. The fourth-order valence-corrected chi connectivity index (χ4v) is 1.58. The van der Waals surface area contributed by atoms with Crippen molar-refractivity contribution in [1.82, 2.24) is 5.32 Å². The van der Waals surface area contributed by atoms with Crippen LogP contribution in [-0.4, -0.2) is 30.8 Å². The number of aliphatic hydroxyl groups is 1. The van der Waals surface area contributed by atoms with Crippen LogP contribution in [0.5, 0.6) is 0 Å². The van der Waals surface area contributed by atoms with E-state index in [0.717, 1.165) is 12.2 Å². The molecule has 13 heavy (non-hydrogen) atoms. The van der Waals surface area contributed by atoms with Gasteiger partial charge >= 0.3 is 0 Å². The summed E-state index contributed by atoms with van der Waals surface area (Å²) in [6, 6.07) is 0. The minimum atomic E-state index is -0.516. The molecule has 1 unspecified atom stereocenters. The van der Waals surface area contributed by atoms with Crippen molar-refractivity contribution < 1.29 is 14.6 Å². The molecule has 0 aromatic carbocycles. The van der Waals surface area contributed by atoms with Crippen LogP contribution in [-0.2, 0) is 9.47 Å². The summed E-state index contributed by atoms with van der Waals surface area (Å²) >= 11 is 0. The van der Waals surface area contributed by atoms with Crippen LogP contribution >= 0.6 is 0 Å². The Morgan fingerprint density at radius 3 is 3.38 bits per heavy atom. The summed E-state index contributed by atoms with van der Waals surface area (Å²) < 4.78 is 10.8. The summed E-state index contributed by atoms with van der Waals surface area (Å²) in [5.41, 5.74) is -0.516. The Labute approximate surface area is 76.8 Å². The van der Waals surface area contributed by atoms with Crippen LogP contribution in [0, 0.1) is 0 Å². The molecule has 4 heteroatoms. The zero-order chi connectivity index (χ0) is 9.15. The molecule has 1 heterocycles. The largest absolute Gasteiger partial charge is 0.467 e. The van der Waals surface area contributed by atoms with Gasteiger partial charge in [0.05, 0.1) is 6.61 Å². The van der Waals surface area contributed by atoms with Crippen LogP contribution in [0.25, 0.3) is 0 Å². The van der Waals surface area contributed by atoms with E-state index in [1.54, 1.807) is 0 Å². The maximum absolute atomic E-state index is 8.72. The van der Waals surface area contributed by atoms with Crippen molar-refractivity contribution in [2.45, 2.75) is 12.1 Å². The van der Waals surface area contributed by atoms with Gasteiger partial charge in [0.2, 0.25) is 0 Å². The van der Waals surface area contributed by atoms with E-state index in [1.807, 2.05) is 18.2 Å². The predicted octanol–water partition coefficient (Wildman–Crippen LogP) is 0.113. The van der Waals surface area contributed by atoms with Gasteiger partial charge in [0.25, 0.3) is 0 Å². The van der Waals surface area contributed by atoms with Crippen molar-refractivity contribution in [2.24, 2.45) is 0 Å². The Bertz CT molecular complexity index is 249. The topological polar surface area (TPSA) is 50.7 Å². The Morgan fingerprint density at radius 2 is 2.54 bits per heavy atom. The summed E-state index contributed by atoms with van der Waals surface area (Å²) in [6.07, 6.45) is 6.60. The number of fused-ring (bicyclic) bond motifs is 1. The van der Waals surface area contributed by atoms with Crippen molar-refractivity contribution in [3.63, 3.8) is 0 Å². The molecule has 0 amide bonds. The van der Waals surface area contributed by atoms with Crippen molar-refractivity contribution in [3.8, 4) is 0 Å². The highest BCUT2D eigenvalue weighted by atomic mass is 16.7. The van der Waals surface area contributed by atoms with E-state index in [-0.39, 0.29) is 13.4 Å². The van der Waals surface area contributed by atoms with Crippen LogP contribution < -0.4 is 5.32 Å². The monoisotopic (exact) mass is 183 g/mol. The van der Waals surface area contributed by atoms with Crippen LogP contribution in [0.3, 0.4) is 0 Å². The molecule has 0 radical (unpaired) electrons. The molecule has 0 aromatic heterocycles. The number of rotatable bonds is 3. The van der Waals surface area contributed by atoms with E-state index in [0.29, 0.717) is 6.54 Å². The second-order valence-electron chi connectivity index (χ2n) is 3.05. The maximum atomic E-state index is 8.72. The molecule has 2 rings (SSSR count). The average molecular weight is 183 g/mol. The molecule has 0 bridgehead atoms. The van der Waals surface area contributed by atoms with Gasteiger partial charge in [0.1, 0.15) is 5.76 Å². The molecule has 1 atom stereocenters. The number of aliphatic hydroxyl groups excluding tert-OH is 1. The van der Waals surface area contributed by atoms with Gasteiger partial charge in [-0.15, -0.1) is 0 Å². The molecule has 4 nitrogen and oxygen atoms in total. The lowest BCUT2D eigenvalue weighted by atomic mass is 10.0. The average Bonchev–Trinajstić information content (AvgIpc) is 2.58. The molecule has 1 aliphatic carbocycles. The highest BCUT2D eigenvalue weighted by Gasteiger charge is 2.41. The quantitative estimate of drug-likeness (QED) is 0.652. The second-order valence-corrected chi connectivity index (χ2v) is 3.05. The van der Waals surface area contributed by atoms with Gasteiger partial charge < -0.3 is 14.6 Å². The van der Waals surface area contributed by atoms with Crippen molar-refractivity contribution in [2.75, 3.05) is 19.9 Å². The summed E-state index contributed by atoms with van der Waals surface area (Å²) in [4.78, 5) is 0. The van der Waals surface area contributed by atoms with E-state index in [4.69, 9.17) is 14.6 Å². The number of ether oxygens (including phenoxy) is 2. The molecule has 0 saturated carbocycles.